The predicted molar refractivity (Wildman–Crippen MR) is 107 cm³/mol. The largest absolute Gasteiger partial charge is 0.395 e. The standard InChI is InChI=1S/C21H20F2N4O2/c1-26-19-8-14(10-24-6-7-28)18(23)9-15(19)16-11-25-27(21(29)20(16)26)12-13-4-2-3-5-17(13)22/h2-5,8-9,11,24,28H,6-7,10,12H2,1H3. The number of hydrogen-bond acceptors (Lipinski definition) is 4. The minimum Gasteiger partial charge on any atom is -0.395 e. The molecule has 0 bridgehead atoms. The molecule has 2 heterocycles. The molecule has 2 aromatic heterocycles. The van der Waals surface area contributed by atoms with Gasteiger partial charge in [0.25, 0.3) is 5.56 Å². The van der Waals surface area contributed by atoms with Crippen molar-refractivity contribution >= 4 is 21.8 Å². The Kier molecular flexibility index (Phi) is 5.12. The van der Waals surface area contributed by atoms with E-state index in [4.69, 9.17) is 5.11 Å². The van der Waals surface area contributed by atoms with Gasteiger partial charge in [-0.05, 0) is 18.2 Å². The van der Waals surface area contributed by atoms with Gasteiger partial charge in [-0.3, -0.25) is 4.79 Å². The van der Waals surface area contributed by atoms with Crippen LogP contribution >= 0.6 is 0 Å². The summed E-state index contributed by atoms with van der Waals surface area (Å²) in [5, 5.41) is 17.1. The van der Waals surface area contributed by atoms with Gasteiger partial charge in [0.1, 0.15) is 17.2 Å². The molecule has 0 saturated heterocycles. The first-order valence-corrected chi connectivity index (χ1v) is 9.23. The van der Waals surface area contributed by atoms with Crippen LogP contribution in [0.3, 0.4) is 0 Å². The summed E-state index contributed by atoms with van der Waals surface area (Å²) < 4.78 is 31.4. The maximum absolute atomic E-state index is 14.5. The number of halogens is 2. The molecule has 6 nitrogen and oxygen atoms in total. The van der Waals surface area contributed by atoms with Crippen LogP contribution in [-0.4, -0.2) is 32.6 Å². The molecule has 0 aliphatic heterocycles. The van der Waals surface area contributed by atoms with Gasteiger partial charge in [0.15, 0.2) is 0 Å². The molecule has 0 radical (unpaired) electrons. The fourth-order valence-electron chi connectivity index (χ4n) is 3.56. The van der Waals surface area contributed by atoms with E-state index in [9.17, 15) is 13.6 Å². The van der Waals surface area contributed by atoms with Crippen LogP contribution in [0.1, 0.15) is 11.1 Å². The Hall–Kier alpha value is -3.10. The fraction of sp³-hybridized carbons (Fsp3) is 0.238. The zero-order valence-corrected chi connectivity index (χ0v) is 15.8. The number of aliphatic hydroxyl groups excluding tert-OH is 1. The maximum Gasteiger partial charge on any atom is 0.291 e. The molecule has 150 valence electrons. The van der Waals surface area contributed by atoms with Crippen LogP contribution in [0.25, 0.3) is 21.8 Å². The van der Waals surface area contributed by atoms with Crippen LogP contribution < -0.4 is 10.9 Å². The topological polar surface area (TPSA) is 72.1 Å². The van der Waals surface area contributed by atoms with E-state index >= 15 is 0 Å². The van der Waals surface area contributed by atoms with Gasteiger partial charge in [0.2, 0.25) is 0 Å². The van der Waals surface area contributed by atoms with Crippen molar-refractivity contribution in [2.45, 2.75) is 13.1 Å². The van der Waals surface area contributed by atoms with Crippen molar-refractivity contribution in [3.8, 4) is 0 Å². The average molecular weight is 398 g/mol. The van der Waals surface area contributed by atoms with E-state index in [0.717, 1.165) is 0 Å². The van der Waals surface area contributed by atoms with Crippen molar-refractivity contribution < 1.29 is 13.9 Å². The monoisotopic (exact) mass is 398 g/mol. The molecular weight excluding hydrogens is 378 g/mol. The summed E-state index contributed by atoms with van der Waals surface area (Å²) >= 11 is 0. The Bertz CT molecular complexity index is 1260. The van der Waals surface area contributed by atoms with Gasteiger partial charge >= 0.3 is 0 Å². The summed E-state index contributed by atoms with van der Waals surface area (Å²) in [6, 6.07) is 9.32. The zero-order chi connectivity index (χ0) is 20.5. The van der Waals surface area contributed by atoms with Gasteiger partial charge in [-0.2, -0.15) is 5.10 Å². The van der Waals surface area contributed by atoms with Crippen molar-refractivity contribution in [3.05, 3.63) is 75.7 Å². The smallest absolute Gasteiger partial charge is 0.291 e. The van der Waals surface area contributed by atoms with Crippen LogP contribution in [0, 0.1) is 11.6 Å². The van der Waals surface area contributed by atoms with E-state index in [1.54, 1.807) is 35.9 Å². The Morgan fingerprint density at radius 2 is 1.90 bits per heavy atom. The van der Waals surface area contributed by atoms with Gasteiger partial charge in [0, 0.05) is 47.6 Å². The number of hydrogen-bond donors (Lipinski definition) is 2. The van der Waals surface area contributed by atoms with Crippen molar-refractivity contribution in [1.82, 2.24) is 19.7 Å². The lowest BCUT2D eigenvalue weighted by atomic mass is 10.1. The summed E-state index contributed by atoms with van der Waals surface area (Å²) in [4.78, 5) is 13.0. The third kappa shape index (κ3) is 3.41. The van der Waals surface area contributed by atoms with Crippen molar-refractivity contribution in [1.29, 1.82) is 0 Å². The predicted octanol–water partition coefficient (Wildman–Crippen LogP) is 2.30. The molecule has 2 aromatic carbocycles. The van der Waals surface area contributed by atoms with Crippen LogP contribution in [0.5, 0.6) is 0 Å². The number of aliphatic hydroxyl groups is 1. The normalized spacial score (nSPS) is 11.6. The molecule has 29 heavy (non-hydrogen) atoms. The summed E-state index contributed by atoms with van der Waals surface area (Å²) in [7, 11) is 1.74. The second-order valence-corrected chi connectivity index (χ2v) is 6.88. The number of nitrogens with zero attached hydrogens (tertiary/aromatic N) is 3. The van der Waals surface area contributed by atoms with Crippen LogP contribution in [0.15, 0.2) is 47.4 Å². The highest BCUT2D eigenvalue weighted by molar-refractivity contribution is 6.07. The quantitative estimate of drug-likeness (QED) is 0.489. The Labute approximate surface area is 165 Å². The second kappa shape index (κ2) is 7.73. The number of nitrogens with one attached hydrogen (secondary N) is 1. The van der Waals surface area contributed by atoms with E-state index in [1.165, 1.54) is 23.0 Å². The molecule has 0 aliphatic carbocycles. The number of rotatable bonds is 6. The first-order valence-electron chi connectivity index (χ1n) is 9.23. The molecule has 4 rings (SSSR count). The van der Waals surface area contributed by atoms with Gasteiger partial charge in [0.05, 0.1) is 19.3 Å². The molecule has 8 heteroatoms. The number of benzene rings is 2. The summed E-state index contributed by atoms with van der Waals surface area (Å²) in [6.07, 6.45) is 1.52. The molecule has 4 aromatic rings. The lowest BCUT2D eigenvalue weighted by Gasteiger charge is -2.06. The Morgan fingerprint density at radius 3 is 2.66 bits per heavy atom. The fourth-order valence-corrected chi connectivity index (χ4v) is 3.56. The molecule has 0 fully saturated rings. The van der Waals surface area contributed by atoms with E-state index in [2.05, 4.69) is 10.4 Å². The Morgan fingerprint density at radius 1 is 1.10 bits per heavy atom. The molecule has 0 aliphatic rings. The molecule has 0 saturated carbocycles. The third-order valence-corrected chi connectivity index (χ3v) is 5.05. The van der Waals surface area contributed by atoms with Crippen LogP contribution in [0.2, 0.25) is 0 Å². The molecule has 0 spiro atoms. The van der Waals surface area contributed by atoms with Gasteiger partial charge < -0.3 is 15.0 Å². The SMILES string of the molecule is Cn1c2cc(CNCCO)c(F)cc2c2cnn(Cc3ccccc3F)c(=O)c21. The molecule has 0 atom stereocenters. The van der Waals surface area contributed by atoms with Crippen molar-refractivity contribution in [2.75, 3.05) is 13.2 Å². The van der Waals surface area contributed by atoms with E-state index < -0.39 is 11.6 Å². The zero-order valence-electron chi connectivity index (χ0n) is 15.8. The van der Waals surface area contributed by atoms with Crippen molar-refractivity contribution in [3.63, 3.8) is 0 Å². The minimum atomic E-state index is -0.402. The Balaban J connectivity index is 1.83. The highest BCUT2D eigenvalue weighted by Gasteiger charge is 2.17. The van der Waals surface area contributed by atoms with Crippen molar-refractivity contribution in [2.24, 2.45) is 7.05 Å². The van der Waals surface area contributed by atoms with Gasteiger partial charge in [-0.15, -0.1) is 0 Å². The van der Waals surface area contributed by atoms with Gasteiger partial charge in [-0.1, -0.05) is 18.2 Å². The maximum atomic E-state index is 14.5. The minimum absolute atomic E-state index is 0.00760. The van der Waals surface area contributed by atoms with E-state index in [0.29, 0.717) is 39.5 Å². The molecule has 0 unspecified atom stereocenters. The third-order valence-electron chi connectivity index (χ3n) is 5.05. The van der Waals surface area contributed by atoms with Gasteiger partial charge in [-0.25, -0.2) is 13.5 Å². The average Bonchev–Trinajstić information content (AvgIpc) is 2.98. The highest BCUT2D eigenvalue weighted by Crippen LogP contribution is 2.28. The van der Waals surface area contributed by atoms with Crippen LogP contribution in [-0.2, 0) is 20.1 Å². The second-order valence-electron chi connectivity index (χ2n) is 6.88. The number of aromatic nitrogens is 3. The number of fused-ring (bicyclic) bond motifs is 3. The first kappa shape index (κ1) is 19.2. The van der Waals surface area contributed by atoms with E-state index in [1.807, 2.05) is 0 Å². The summed E-state index contributed by atoms with van der Waals surface area (Å²) in [5.74, 6) is -0.800. The van der Waals surface area contributed by atoms with Crippen LogP contribution in [0.4, 0.5) is 8.78 Å². The summed E-state index contributed by atoms with van der Waals surface area (Å²) in [5.41, 5.74) is 1.51. The molecular formula is C21H20F2N4O2. The molecule has 0 amide bonds. The first-order chi connectivity index (χ1) is 14.0. The lowest BCUT2D eigenvalue weighted by Crippen LogP contribution is -2.24. The molecule has 2 N–H and O–H groups in total. The van der Waals surface area contributed by atoms with E-state index in [-0.39, 0.29) is 25.3 Å². The number of aryl methyl sites for hydroxylation is 1. The highest BCUT2D eigenvalue weighted by atomic mass is 19.1. The lowest BCUT2D eigenvalue weighted by molar-refractivity contribution is 0.291. The summed E-state index contributed by atoms with van der Waals surface area (Å²) in [6.45, 7) is 0.593.